The predicted molar refractivity (Wildman–Crippen MR) is 315 cm³/mol. The molecule has 4 aliphatic carbocycles. The number of rotatable bonds is 8. The van der Waals surface area contributed by atoms with Crippen molar-refractivity contribution < 1.29 is 4.74 Å². The van der Waals surface area contributed by atoms with Crippen molar-refractivity contribution in [1.29, 1.82) is 0 Å². The van der Waals surface area contributed by atoms with Gasteiger partial charge in [-0.2, -0.15) is 0 Å². The Kier molecular flexibility index (Phi) is 30.8. The van der Waals surface area contributed by atoms with Crippen LogP contribution in [-0.2, 0) is 24.0 Å². The van der Waals surface area contributed by atoms with Gasteiger partial charge in [0.1, 0.15) is 0 Å². The highest BCUT2D eigenvalue weighted by Gasteiger charge is 2.32. The summed E-state index contributed by atoms with van der Waals surface area (Å²) in [5.74, 6) is 7.04. The van der Waals surface area contributed by atoms with E-state index in [1.54, 1.807) is 11.1 Å². The molecule has 1 saturated heterocycles. The molecular formula is C68H115ClO. The second-order valence-corrected chi connectivity index (χ2v) is 27.6. The number of hydrogen-bond donors (Lipinski definition) is 0. The van der Waals surface area contributed by atoms with E-state index in [-0.39, 0.29) is 0 Å². The van der Waals surface area contributed by atoms with Gasteiger partial charge in [0.25, 0.3) is 0 Å². The van der Waals surface area contributed by atoms with E-state index in [4.69, 9.17) is 16.3 Å². The molecule has 5 aliphatic rings. The van der Waals surface area contributed by atoms with Gasteiger partial charge in [-0.15, -0.1) is 0 Å². The Morgan fingerprint density at radius 3 is 1.37 bits per heavy atom. The van der Waals surface area contributed by atoms with E-state index in [0.717, 1.165) is 59.5 Å². The third-order valence-electron chi connectivity index (χ3n) is 15.4. The molecule has 0 spiro atoms. The minimum atomic E-state index is 0.423. The van der Waals surface area contributed by atoms with Gasteiger partial charge in [-0.05, 0) is 169 Å². The largest absolute Gasteiger partial charge is 0.378 e. The zero-order valence-corrected chi connectivity index (χ0v) is 50.1. The number of hydrogen-bond acceptors (Lipinski definition) is 1. The molecule has 2 atom stereocenters. The molecule has 3 aromatic carbocycles. The maximum atomic E-state index is 5.97. The Morgan fingerprint density at radius 2 is 0.943 bits per heavy atom. The summed E-state index contributed by atoms with van der Waals surface area (Å²) in [6.07, 6.45) is 28.6. The second-order valence-electron chi connectivity index (χ2n) is 27.2. The van der Waals surface area contributed by atoms with Crippen LogP contribution >= 0.6 is 11.6 Å². The molecule has 4 fully saturated rings. The van der Waals surface area contributed by atoms with E-state index in [1.807, 2.05) is 18.2 Å². The monoisotopic (exact) mass is 983 g/mol. The van der Waals surface area contributed by atoms with Crippen molar-refractivity contribution in [2.45, 2.75) is 258 Å². The molecule has 0 amide bonds. The van der Waals surface area contributed by atoms with E-state index >= 15 is 0 Å². The predicted octanol–water partition coefficient (Wildman–Crippen LogP) is 22.1. The van der Waals surface area contributed by atoms with Gasteiger partial charge in [-0.3, -0.25) is 0 Å². The molecule has 2 unspecified atom stereocenters. The molecule has 0 radical (unpaired) electrons. The van der Waals surface area contributed by atoms with E-state index in [1.165, 1.54) is 133 Å². The van der Waals surface area contributed by atoms with Crippen molar-refractivity contribution in [2.24, 2.45) is 57.7 Å². The summed E-state index contributed by atoms with van der Waals surface area (Å²) in [6, 6.07) is 27.5. The Morgan fingerprint density at radius 1 is 0.471 bits per heavy atom. The third-order valence-corrected chi connectivity index (χ3v) is 15.8. The maximum absolute atomic E-state index is 5.97. The van der Waals surface area contributed by atoms with Gasteiger partial charge in [0, 0.05) is 11.6 Å². The highest BCUT2D eigenvalue weighted by atomic mass is 35.5. The molecule has 1 heterocycles. The lowest BCUT2D eigenvalue weighted by atomic mass is 9.77. The van der Waals surface area contributed by atoms with E-state index in [9.17, 15) is 0 Å². The number of fused-ring (bicyclic) bond motifs is 1. The van der Waals surface area contributed by atoms with Crippen LogP contribution in [0.25, 0.3) is 0 Å². The number of aryl methyl sites for hydroxylation is 1. The van der Waals surface area contributed by atoms with Gasteiger partial charge < -0.3 is 4.74 Å². The molecule has 1 aliphatic heterocycles. The first-order chi connectivity index (χ1) is 32.9. The SMILES string of the molecule is CC(C)(C)C1CCCC1.CC(C)(C)C1CCCC1.CC(C)(C)C1CCc2ccccc21.CC(C)CC1CCCC1.CC(C)CC1CCCO1.CC(C)Cc1ccccc1.CC(C)Cc1ccccc1Cl. The van der Waals surface area contributed by atoms with Crippen LogP contribution in [0, 0.1) is 57.7 Å². The van der Waals surface area contributed by atoms with Crippen molar-refractivity contribution in [2.75, 3.05) is 6.61 Å². The Bertz CT molecular complexity index is 1660. The standard InChI is InChI=1S/C13H18.C10H13Cl.C10H14.3C9H18.C8H16O/c1-13(2,3)12-9-8-10-6-4-5-7-11(10)12;1-8(2)7-9-5-3-4-6-10(9)11;1-9(2)8-10-6-4-3-5-7-10;2*1-9(2,3)8-6-4-5-7-8;1-8(2)7-9-5-3-4-6-9;1-7(2)6-8-4-3-5-9-8/h4-7,12H,8-9H2,1-3H3;3-6,8H,7H2,1-2H3;3-7,9H,8H2,1-2H3;2*8H,4-7H2,1-3H3;8-9H,3-7H2,1-2H3;7-8H,3-6H2,1-2H3. The van der Waals surface area contributed by atoms with Gasteiger partial charge in [0.2, 0.25) is 0 Å². The summed E-state index contributed by atoms with van der Waals surface area (Å²) < 4.78 is 5.46. The summed E-state index contributed by atoms with van der Waals surface area (Å²) in [5, 5.41) is 0.890. The molecule has 70 heavy (non-hydrogen) atoms. The van der Waals surface area contributed by atoms with Crippen molar-refractivity contribution >= 4 is 11.6 Å². The van der Waals surface area contributed by atoms with Crippen LogP contribution in [0.5, 0.6) is 0 Å². The fourth-order valence-corrected chi connectivity index (χ4v) is 11.7. The third kappa shape index (κ3) is 28.4. The molecule has 8 rings (SSSR count). The van der Waals surface area contributed by atoms with Crippen LogP contribution in [-0.4, -0.2) is 12.7 Å². The average Bonchev–Trinajstić information content (AvgIpc) is 4.13. The van der Waals surface area contributed by atoms with Crippen molar-refractivity contribution in [3.8, 4) is 0 Å². The zero-order valence-electron chi connectivity index (χ0n) is 49.3. The van der Waals surface area contributed by atoms with Crippen LogP contribution in [0.2, 0.25) is 5.02 Å². The fourth-order valence-electron chi connectivity index (χ4n) is 11.5. The molecule has 400 valence electrons. The van der Waals surface area contributed by atoms with Crippen LogP contribution in [0.4, 0.5) is 0 Å². The van der Waals surface area contributed by atoms with Gasteiger partial charge >= 0.3 is 0 Å². The minimum absolute atomic E-state index is 0.423. The molecule has 0 bridgehead atoms. The summed E-state index contributed by atoms with van der Waals surface area (Å²) in [7, 11) is 0. The highest BCUT2D eigenvalue weighted by Crippen LogP contribution is 2.44. The Hall–Kier alpha value is -2.09. The normalized spacial score (nSPS) is 19.4. The van der Waals surface area contributed by atoms with Gasteiger partial charge in [0.05, 0.1) is 6.10 Å². The van der Waals surface area contributed by atoms with Crippen LogP contribution in [0.1, 0.15) is 255 Å². The van der Waals surface area contributed by atoms with Crippen LogP contribution in [0.3, 0.4) is 0 Å². The van der Waals surface area contributed by atoms with E-state index in [2.05, 4.69) is 178 Å². The lowest BCUT2D eigenvalue weighted by Gasteiger charge is -2.27. The number of benzene rings is 3. The average molecular weight is 984 g/mol. The molecule has 1 nitrogen and oxygen atoms in total. The number of halogens is 1. The first-order valence-electron chi connectivity index (χ1n) is 29.3. The minimum Gasteiger partial charge on any atom is -0.378 e. The van der Waals surface area contributed by atoms with Crippen molar-refractivity contribution in [1.82, 2.24) is 0 Å². The molecule has 2 heteroatoms. The molecule has 0 N–H and O–H groups in total. The highest BCUT2D eigenvalue weighted by molar-refractivity contribution is 6.31. The number of ether oxygens (including phenoxy) is 1. The summed E-state index contributed by atoms with van der Waals surface area (Å²) in [6.45, 7) is 40.3. The van der Waals surface area contributed by atoms with Gasteiger partial charge in [-0.25, -0.2) is 0 Å². The lowest BCUT2D eigenvalue weighted by Crippen LogP contribution is -2.16. The van der Waals surface area contributed by atoms with Gasteiger partial charge in [-0.1, -0.05) is 253 Å². The molecule has 3 aromatic rings. The van der Waals surface area contributed by atoms with Gasteiger partial charge in [0.15, 0.2) is 0 Å². The maximum Gasteiger partial charge on any atom is 0.0578 e. The molecule has 0 aromatic heterocycles. The summed E-state index contributed by atoms with van der Waals surface area (Å²) in [5.41, 5.74) is 7.44. The Balaban J connectivity index is 0.000000281. The molecule has 3 saturated carbocycles. The second kappa shape index (κ2) is 33.7. The fraction of sp³-hybridized carbons (Fsp3) is 0.735. The first kappa shape index (κ1) is 64.0. The lowest BCUT2D eigenvalue weighted by molar-refractivity contribution is 0.0939. The Labute approximate surface area is 442 Å². The first-order valence-corrected chi connectivity index (χ1v) is 29.7. The zero-order chi connectivity index (χ0) is 52.3. The quantitative estimate of drug-likeness (QED) is 0.219. The summed E-state index contributed by atoms with van der Waals surface area (Å²) >= 11 is 5.97. The van der Waals surface area contributed by atoms with Crippen molar-refractivity contribution in [3.05, 3.63) is 106 Å². The van der Waals surface area contributed by atoms with E-state index in [0.29, 0.717) is 28.3 Å². The smallest absolute Gasteiger partial charge is 0.0578 e. The van der Waals surface area contributed by atoms with Crippen LogP contribution < -0.4 is 0 Å². The topological polar surface area (TPSA) is 9.23 Å². The van der Waals surface area contributed by atoms with Crippen molar-refractivity contribution in [3.63, 3.8) is 0 Å². The van der Waals surface area contributed by atoms with Crippen LogP contribution in [0.15, 0.2) is 78.9 Å². The summed E-state index contributed by atoms with van der Waals surface area (Å²) in [4.78, 5) is 0. The van der Waals surface area contributed by atoms with E-state index < -0.39 is 0 Å². The molecular weight excluding hydrogens is 868 g/mol.